The first kappa shape index (κ1) is 24.4. The molecule has 0 unspecified atom stereocenters. The van der Waals surface area contributed by atoms with Crippen molar-refractivity contribution in [2.45, 2.75) is 39.5 Å². The van der Waals surface area contributed by atoms with Gasteiger partial charge in [-0.2, -0.15) is 0 Å². The zero-order chi connectivity index (χ0) is 23.9. The highest BCUT2D eigenvalue weighted by Crippen LogP contribution is 2.29. The van der Waals surface area contributed by atoms with E-state index in [2.05, 4.69) is 45.6 Å². The Kier molecular flexibility index (Phi) is 8.34. The number of carbonyl (C=O) groups excluding carboxylic acids is 1. The van der Waals surface area contributed by atoms with Crippen LogP contribution >= 0.6 is 0 Å². The quantitative estimate of drug-likeness (QED) is 0.431. The van der Waals surface area contributed by atoms with Crippen LogP contribution in [0.3, 0.4) is 0 Å². The van der Waals surface area contributed by atoms with E-state index < -0.39 is 0 Å². The molecule has 0 atom stereocenters. The van der Waals surface area contributed by atoms with Gasteiger partial charge in [0.1, 0.15) is 5.82 Å². The Morgan fingerprint density at radius 2 is 1.88 bits per heavy atom. The molecule has 0 saturated carbocycles. The Balaban J connectivity index is 1.54. The highest BCUT2D eigenvalue weighted by atomic mass is 16.5. The molecule has 8 heteroatoms. The fourth-order valence-electron chi connectivity index (χ4n) is 4.75. The van der Waals surface area contributed by atoms with Gasteiger partial charge in [-0.25, -0.2) is 9.97 Å². The third-order valence-corrected chi connectivity index (χ3v) is 6.89. The number of nitrogens with one attached hydrogen (secondary N) is 2. The molecule has 0 aliphatic carbocycles. The van der Waals surface area contributed by atoms with Crippen LogP contribution in [0.5, 0.6) is 0 Å². The van der Waals surface area contributed by atoms with E-state index in [0.717, 1.165) is 79.6 Å². The summed E-state index contributed by atoms with van der Waals surface area (Å²) in [5.74, 6) is 1.34. The molecule has 2 N–H and O–H groups in total. The number of aromatic nitrogens is 2. The summed E-state index contributed by atoms with van der Waals surface area (Å²) in [4.78, 5) is 26.7. The molecular formula is C26H38N6O2. The maximum absolute atomic E-state index is 12.2. The lowest BCUT2D eigenvalue weighted by molar-refractivity contribution is -0.139. The number of ether oxygens (including phenoxy) is 1. The molecule has 0 bridgehead atoms. The van der Waals surface area contributed by atoms with Gasteiger partial charge in [0.15, 0.2) is 5.82 Å². The minimum Gasteiger partial charge on any atom is -0.469 e. The van der Waals surface area contributed by atoms with Crippen LogP contribution in [0.15, 0.2) is 18.2 Å². The summed E-state index contributed by atoms with van der Waals surface area (Å²) in [7, 11) is 1.44. The van der Waals surface area contributed by atoms with Gasteiger partial charge in [0.05, 0.1) is 13.5 Å². The van der Waals surface area contributed by atoms with Gasteiger partial charge in [0.25, 0.3) is 0 Å². The van der Waals surface area contributed by atoms with Gasteiger partial charge in [0, 0.05) is 55.2 Å². The summed E-state index contributed by atoms with van der Waals surface area (Å²) in [5, 5.41) is 6.92. The number of hydrogen-bond acceptors (Lipinski definition) is 8. The van der Waals surface area contributed by atoms with E-state index in [0.29, 0.717) is 5.82 Å². The average molecular weight is 467 g/mol. The zero-order valence-corrected chi connectivity index (χ0v) is 20.8. The first-order valence-electron chi connectivity index (χ1n) is 12.5. The number of aryl methyl sites for hydroxylation is 1. The smallest absolute Gasteiger partial charge is 0.310 e. The predicted octanol–water partition coefficient (Wildman–Crippen LogP) is 2.78. The molecule has 0 radical (unpaired) electrons. The van der Waals surface area contributed by atoms with Crippen molar-refractivity contribution in [3.8, 4) is 11.4 Å². The SMILES string of the molecule is COC(=O)Cc1cc(-c2nc(C)c(C)c(NCCCN3CCCC3)n2)ccc1N1CCNCC1. The largest absolute Gasteiger partial charge is 0.469 e. The predicted molar refractivity (Wildman–Crippen MR) is 137 cm³/mol. The van der Waals surface area contributed by atoms with E-state index >= 15 is 0 Å². The fraction of sp³-hybridized carbons (Fsp3) is 0.577. The number of piperazine rings is 1. The van der Waals surface area contributed by atoms with Gasteiger partial charge in [-0.1, -0.05) is 0 Å². The van der Waals surface area contributed by atoms with E-state index in [4.69, 9.17) is 14.7 Å². The van der Waals surface area contributed by atoms with Crippen LogP contribution in [-0.2, 0) is 16.0 Å². The number of nitrogens with zero attached hydrogens (tertiary/aromatic N) is 4. The van der Waals surface area contributed by atoms with Crippen LogP contribution in [0.25, 0.3) is 11.4 Å². The topological polar surface area (TPSA) is 82.6 Å². The maximum atomic E-state index is 12.2. The van der Waals surface area contributed by atoms with Gasteiger partial charge in [-0.3, -0.25) is 4.79 Å². The first-order chi connectivity index (χ1) is 16.5. The summed E-state index contributed by atoms with van der Waals surface area (Å²) in [6, 6.07) is 6.22. The molecule has 8 nitrogen and oxygen atoms in total. The van der Waals surface area contributed by atoms with Crippen LogP contribution in [0.4, 0.5) is 11.5 Å². The second-order valence-corrected chi connectivity index (χ2v) is 9.27. The number of esters is 1. The summed E-state index contributed by atoms with van der Waals surface area (Å²) in [6.45, 7) is 12.3. The number of likely N-dealkylation sites (tertiary alicyclic amines) is 1. The third kappa shape index (κ3) is 6.04. The minimum atomic E-state index is -0.241. The van der Waals surface area contributed by atoms with E-state index in [1.54, 1.807) is 0 Å². The van der Waals surface area contributed by atoms with Crippen molar-refractivity contribution in [2.75, 3.05) is 69.7 Å². The molecule has 2 aliphatic rings. The van der Waals surface area contributed by atoms with Gasteiger partial charge in [0.2, 0.25) is 0 Å². The van der Waals surface area contributed by atoms with Gasteiger partial charge < -0.3 is 25.2 Å². The first-order valence-corrected chi connectivity index (χ1v) is 12.5. The molecule has 0 amide bonds. The Bertz CT molecular complexity index is 983. The lowest BCUT2D eigenvalue weighted by Gasteiger charge is -2.31. The third-order valence-electron chi connectivity index (χ3n) is 6.89. The van der Waals surface area contributed by atoms with Crippen LogP contribution in [0.1, 0.15) is 36.1 Å². The van der Waals surface area contributed by atoms with Gasteiger partial charge >= 0.3 is 5.97 Å². The van der Waals surface area contributed by atoms with Crippen LogP contribution in [0, 0.1) is 13.8 Å². The Labute approximate surface area is 203 Å². The molecule has 2 aliphatic heterocycles. The molecule has 3 heterocycles. The van der Waals surface area contributed by atoms with E-state index in [1.807, 2.05) is 6.92 Å². The Morgan fingerprint density at radius 3 is 2.62 bits per heavy atom. The van der Waals surface area contributed by atoms with Gasteiger partial charge in [-0.15, -0.1) is 0 Å². The monoisotopic (exact) mass is 466 g/mol. The molecular weight excluding hydrogens is 428 g/mol. The Morgan fingerprint density at radius 1 is 1.12 bits per heavy atom. The van der Waals surface area contributed by atoms with E-state index in [-0.39, 0.29) is 12.4 Å². The number of anilines is 2. The van der Waals surface area contributed by atoms with Crippen LogP contribution in [-0.4, -0.2) is 80.3 Å². The summed E-state index contributed by atoms with van der Waals surface area (Å²) in [5.41, 5.74) is 5.00. The molecule has 2 fully saturated rings. The number of rotatable bonds is 9. The summed E-state index contributed by atoms with van der Waals surface area (Å²) < 4.78 is 4.97. The second-order valence-electron chi connectivity index (χ2n) is 9.27. The number of carbonyl (C=O) groups is 1. The maximum Gasteiger partial charge on any atom is 0.310 e. The Hall–Kier alpha value is -2.71. The number of methoxy groups -OCH3 is 1. The standard InChI is InChI=1S/C26H38N6O2/c1-19-20(2)29-26(30-25(19)28-9-6-14-31-12-4-5-13-31)21-7-8-23(32-15-10-27-11-16-32)22(17-21)18-24(33)34-3/h7-8,17,27H,4-6,9-16,18H2,1-3H3,(H,28,29,30). The summed E-state index contributed by atoms with van der Waals surface area (Å²) in [6.07, 6.45) is 3.98. The molecule has 184 valence electrons. The van der Waals surface area contributed by atoms with Crippen molar-refractivity contribution >= 4 is 17.5 Å². The molecule has 4 rings (SSSR count). The minimum absolute atomic E-state index is 0.232. The highest BCUT2D eigenvalue weighted by molar-refractivity contribution is 5.77. The summed E-state index contributed by atoms with van der Waals surface area (Å²) >= 11 is 0. The van der Waals surface area contributed by atoms with Crippen molar-refractivity contribution in [3.05, 3.63) is 35.0 Å². The van der Waals surface area contributed by atoms with Crippen molar-refractivity contribution in [1.82, 2.24) is 20.2 Å². The molecule has 34 heavy (non-hydrogen) atoms. The van der Waals surface area contributed by atoms with Crippen molar-refractivity contribution in [1.29, 1.82) is 0 Å². The lowest BCUT2D eigenvalue weighted by Crippen LogP contribution is -2.44. The lowest BCUT2D eigenvalue weighted by atomic mass is 10.0. The molecule has 1 aromatic heterocycles. The molecule has 1 aromatic carbocycles. The molecule has 2 aromatic rings. The number of hydrogen-bond donors (Lipinski definition) is 2. The fourth-order valence-corrected chi connectivity index (χ4v) is 4.75. The highest BCUT2D eigenvalue weighted by Gasteiger charge is 2.19. The van der Waals surface area contributed by atoms with Crippen LogP contribution in [0.2, 0.25) is 0 Å². The molecule has 2 saturated heterocycles. The normalized spacial score (nSPS) is 16.6. The van der Waals surface area contributed by atoms with Crippen LogP contribution < -0.4 is 15.5 Å². The van der Waals surface area contributed by atoms with Crippen molar-refractivity contribution in [2.24, 2.45) is 0 Å². The van der Waals surface area contributed by atoms with Crippen molar-refractivity contribution < 1.29 is 9.53 Å². The van der Waals surface area contributed by atoms with Crippen molar-refractivity contribution in [3.63, 3.8) is 0 Å². The van der Waals surface area contributed by atoms with E-state index in [1.165, 1.54) is 33.0 Å². The average Bonchev–Trinajstić information content (AvgIpc) is 3.38. The second kappa shape index (κ2) is 11.6. The van der Waals surface area contributed by atoms with Gasteiger partial charge in [-0.05, 0) is 76.5 Å². The molecule has 0 spiro atoms. The number of benzene rings is 1. The van der Waals surface area contributed by atoms with E-state index in [9.17, 15) is 4.79 Å². The zero-order valence-electron chi connectivity index (χ0n) is 20.8.